The van der Waals surface area contributed by atoms with Crippen LogP contribution >= 0.6 is 11.8 Å². The number of ether oxygens (including phenoxy) is 2. The second kappa shape index (κ2) is 9.01. The fraction of sp³-hybridized carbons (Fsp3) is 0.267. The summed E-state index contributed by atoms with van der Waals surface area (Å²) in [6, 6.07) is 5.36. The maximum atomic E-state index is 12.7. The normalized spacial score (nSPS) is 11.2. The maximum Gasteiger partial charge on any atom is 0.337 e. The summed E-state index contributed by atoms with van der Waals surface area (Å²) in [6.45, 7) is 0. The Hall–Kier alpha value is -2.67. The minimum Gasteiger partial charge on any atom is -0.481 e. The highest BCUT2D eigenvalue weighted by Gasteiger charge is 2.26. The number of amides is 2. The lowest BCUT2D eigenvalue weighted by molar-refractivity contribution is 0.251. The number of hydrogen-bond acceptors (Lipinski definition) is 8. The third-order valence-electron chi connectivity index (χ3n) is 3.27. The van der Waals surface area contributed by atoms with E-state index in [0.29, 0.717) is 0 Å². The molecular formula is C15H16F2N4O5S2. The van der Waals surface area contributed by atoms with Crippen LogP contribution in [0.2, 0.25) is 0 Å². The molecule has 0 aliphatic heterocycles. The topological polar surface area (TPSA) is 111 Å². The van der Waals surface area contributed by atoms with E-state index in [1.54, 1.807) is 4.72 Å². The van der Waals surface area contributed by atoms with Gasteiger partial charge in [0.1, 0.15) is 4.90 Å². The van der Waals surface area contributed by atoms with Gasteiger partial charge in [0.25, 0.3) is 15.8 Å². The van der Waals surface area contributed by atoms with Crippen LogP contribution in [0.15, 0.2) is 40.1 Å². The highest BCUT2D eigenvalue weighted by Crippen LogP contribution is 2.31. The molecule has 2 aromatic rings. The number of sulfonamides is 1. The molecule has 1 aromatic heterocycles. The fourth-order valence-corrected chi connectivity index (χ4v) is 4.02. The second-order valence-electron chi connectivity index (χ2n) is 5.05. The van der Waals surface area contributed by atoms with Crippen molar-refractivity contribution in [3.8, 4) is 11.8 Å². The van der Waals surface area contributed by atoms with Crippen LogP contribution in [-0.4, -0.2) is 51.4 Å². The molecule has 2 rings (SSSR count). The number of carbonyl (C=O) groups is 1. The average Bonchev–Trinajstić information content (AvgIpc) is 2.66. The first-order valence-corrected chi connectivity index (χ1v) is 9.85. The number of carbonyl (C=O) groups excluding carboxylic acids is 1. The minimum atomic E-state index is -4.43. The van der Waals surface area contributed by atoms with Crippen molar-refractivity contribution in [2.24, 2.45) is 0 Å². The summed E-state index contributed by atoms with van der Waals surface area (Å²) in [5, 5.41) is 0. The zero-order valence-electron chi connectivity index (χ0n) is 14.9. The number of nitrogens with zero attached hydrogens (tertiary/aromatic N) is 3. The third-order valence-corrected chi connectivity index (χ3v) is 5.56. The predicted molar refractivity (Wildman–Crippen MR) is 97.6 cm³/mol. The quantitative estimate of drug-likeness (QED) is 0.661. The van der Waals surface area contributed by atoms with Gasteiger partial charge in [-0.25, -0.2) is 17.9 Å². The second-order valence-corrected chi connectivity index (χ2v) is 7.73. The van der Waals surface area contributed by atoms with E-state index in [1.165, 1.54) is 45.5 Å². The number of rotatable bonds is 7. The highest BCUT2D eigenvalue weighted by molar-refractivity contribution is 8.00. The van der Waals surface area contributed by atoms with Gasteiger partial charge in [-0.05, 0) is 12.1 Å². The van der Waals surface area contributed by atoms with Gasteiger partial charge < -0.3 is 9.47 Å². The predicted octanol–water partition coefficient (Wildman–Crippen LogP) is 2.34. The molecule has 1 heterocycles. The Morgan fingerprint density at radius 2 is 1.75 bits per heavy atom. The van der Waals surface area contributed by atoms with Gasteiger partial charge >= 0.3 is 6.03 Å². The highest BCUT2D eigenvalue weighted by atomic mass is 32.2. The zero-order valence-corrected chi connectivity index (χ0v) is 16.6. The third kappa shape index (κ3) is 5.19. The molecule has 0 fully saturated rings. The van der Waals surface area contributed by atoms with Crippen molar-refractivity contribution < 1.29 is 31.5 Å². The Bertz CT molecular complexity index is 937. The molecule has 0 unspecified atom stereocenters. The zero-order chi connectivity index (χ0) is 20.9. The maximum absolute atomic E-state index is 12.7. The standard InChI is InChI=1S/C15H16F2N4O5S2/c1-21(14-18-11(25-2)8-12(19-14)26-3)15(22)20-28(23,24)10-7-5-4-6-9(10)27-13(16)17/h4-8,13H,1-3H3,(H,20,22). The molecule has 0 aliphatic carbocycles. The number of methoxy groups -OCH3 is 2. The number of alkyl halides is 2. The van der Waals surface area contributed by atoms with E-state index >= 15 is 0 Å². The summed E-state index contributed by atoms with van der Waals surface area (Å²) < 4.78 is 62.1. The van der Waals surface area contributed by atoms with E-state index < -0.39 is 26.7 Å². The molecule has 28 heavy (non-hydrogen) atoms. The van der Waals surface area contributed by atoms with Crippen molar-refractivity contribution in [3.63, 3.8) is 0 Å². The van der Waals surface area contributed by atoms with Crippen molar-refractivity contribution in [2.45, 2.75) is 15.5 Å². The molecular weight excluding hydrogens is 418 g/mol. The van der Waals surface area contributed by atoms with Gasteiger partial charge in [0, 0.05) is 11.9 Å². The molecule has 0 atom stereocenters. The summed E-state index contributed by atoms with van der Waals surface area (Å²) in [5.74, 6) is -2.85. The summed E-state index contributed by atoms with van der Waals surface area (Å²) in [7, 11) is -0.531. The summed E-state index contributed by atoms with van der Waals surface area (Å²) in [5.41, 5.74) is 0. The molecule has 152 valence electrons. The van der Waals surface area contributed by atoms with Crippen LogP contribution in [0.4, 0.5) is 19.5 Å². The van der Waals surface area contributed by atoms with Crippen LogP contribution in [0.3, 0.4) is 0 Å². The molecule has 0 radical (unpaired) electrons. The number of aromatic nitrogens is 2. The van der Waals surface area contributed by atoms with Crippen LogP contribution in [0.25, 0.3) is 0 Å². The molecule has 9 nitrogen and oxygen atoms in total. The first kappa shape index (κ1) is 21.6. The van der Waals surface area contributed by atoms with Crippen LogP contribution in [0.5, 0.6) is 11.8 Å². The number of anilines is 1. The monoisotopic (exact) mass is 434 g/mol. The lowest BCUT2D eigenvalue weighted by Gasteiger charge is -2.18. The number of urea groups is 1. The van der Waals surface area contributed by atoms with E-state index in [4.69, 9.17) is 9.47 Å². The van der Waals surface area contributed by atoms with Crippen LogP contribution in [0, 0.1) is 0 Å². The molecule has 0 bridgehead atoms. The fourth-order valence-electron chi connectivity index (χ4n) is 1.95. The van der Waals surface area contributed by atoms with E-state index in [1.807, 2.05) is 0 Å². The molecule has 0 saturated heterocycles. The van der Waals surface area contributed by atoms with E-state index in [2.05, 4.69) is 9.97 Å². The Labute approximate surface area is 164 Å². The van der Waals surface area contributed by atoms with Gasteiger partial charge in [-0.2, -0.15) is 18.7 Å². The smallest absolute Gasteiger partial charge is 0.337 e. The Morgan fingerprint density at radius 1 is 1.18 bits per heavy atom. The molecule has 13 heteroatoms. The molecule has 0 aliphatic rings. The van der Waals surface area contributed by atoms with Crippen molar-refractivity contribution in [1.29, 1.82) is 0 Å². The van der Waals surface area contributed by atoms with E-state index in [9.17, 15) is 22.0 Å². The van der Waals surface area contributed by atoms with Gasteiger partial charge in [-0.1, -0.05) is 23.9 Å². The van der Waals surface area contributed by atoms with Crippen LogP contribution in [-0.2, 0) is 10.0 Å². The number of hydrogen-bond donors (Lipinski definition) is 1. The first-order chi connectivity index (χ1) is 13.2. The van der Waals surface area contributed by atoms with Gasteiger partial charge in [0.15, 0.2) is 0 Å². The number of nitrogens with one attached hydrogen (secondary N) is 1. The SMILES string of the molecule is COc1cc(OC)nc(N(C)C(=O)NS(=O)(=O)c2ccccc2SC(F)F)n1. The Morgan fingerprint density at radius 3 is 2.29 bits per heavy atom. The number of halogens is 2. The average molecular weight is 434 g/mol. The van der Waals surface area contributed by atoms with E-state index in [-0.39, 0.29) is 34.4 Å². The van der Waals surface area contributed by atoms with Crippen molar-refractivity contribution in [2.75, 3.05) is 26.2 Å². The van der Waals surface area contributed by atoms with Gasteiger partial charge in [0.05, 0.1) is 20.3 Å². The summed E-state index contributed by atoms with van der Waals surface area (Å²) >= 11 is 0.0585. The number of thioether (sulfide) groups is 1. The minimum absolute atomic E-state index is 0.0585. The Kier molecular flexibility index (Phi) is 6.96. The lowest BCUT2D eigenvalue weighted by atomic mass is 10.4. The Balaban J connectivity index is 2.29. The van der Waals surface area contributed by atoms with Crippen molar-refractivity contribution in [3.05, 3.63) is 30.3 Å². The molecule has 1 aromatic carbocycles. The van der Waals surface area contributed by atoms with Gasteiger partial charge in [-0.15, -0.1) is 0 Å². The van der Waals surface area contributed by atoms with Crippen LogP contribution in [0.1, 0.15) is 0 Å². The molecule has 2 amide bonds. The van der Waals surface area contributed by atoms with Crippen molar-refractivity contribution in [1.82, 2.24) is 14.7 Å². The summed E-state index contributed by atoms with van der Waals surface area (Å²) in [6.07, 6.45) is 0. The lowest BCUT2D eigenvalue weighted by Crippen LogP contribution is -2.41. The number of benzene rings is 1. The van der Waals surface area contributed by atoms with Gasteiger partial charge in [-0.3, -0.25) is 4.90 Å². The first-order valence-electron chi connectivity index (χ1n) is 7.49. The molecule has 1 N–H and O–H groups in total. The molecule has 0 spiro atoms. The van der Waals surface area contributed by atoms with E-state index in [0.717, 1.165) is 11.0 Å². The summed E-state index contributed by atoms with van der Waals surface area (Å²) in [4.78, 5) is 20.4. The van der Waals surface area contributed by atoms with Crippen molar-refractivity contribution >= 4 is 33.8 Å². The van der Waals surface area contributed by atoms with Crippen LogP contribution < -0.4 is 19.1 Å². The molecule has 0 saturated carbocycles. The largest absolute Gasteiger partial charge is 0.481 e. The van der Waals surface area contributed by atoms with Gasteiger partial charge in [0.2, 0.25) is 17.7 Å².